The van der Waals surface area contributed by atoms with Gasteiger partial charge < -0.3 is 39.9 Å². The first kappa shape index (κ1) is 20.2. The number of fused-ring (bicyclic) bond motifs is 1. The van der Waals surface area contributed by atoms with Crippen LogP contribution in [-0.2, 0) is 22.7 Å². The van der Waals surface area contributed by atoms with E-state index in [1.54, 1.807) is 0 Å². The topological polar surface area (TPSA) is 240 Å². The molecule has 1 fully saturated rings. The minimum atomic E-state index is -5.60. The van der Waals surface area contributed by atoms with Crippen molar-refractivity contribution in [3.05, 3.63) is 12.7 Å². The second-order valence-electron chi connectivity index (χ2n) is 5.48. The Morgan fingerprint density at radius 1 is 1.33 bits per heavy atom. The molecule has 2 aromatic rings. The summed E-state index contributed by atoms with van der Waals surface area (Å²) in [6, 6.07) is 0. The van der Waals surface area contributed by atoms with Gasteiger partial charge in [-0.15, -0.1) is 0 Å². The standard InChI is InChI=1S/C10H15N5O10P2/c11-8-5-9(13-2-12-8)15(3-14-5)10-7(17)6(16)4(24-10)1-23-27(21,22)25-26(18,19)20/h2-4,6-7,10,16-17H,1H2,(H5,11,12,13,18,19,20,21,22)/p-1. The van der Waals surface area contributed by atoms with E-state index in [0.29, 0.717) is 5.52 Å². The van der Waals surface area contributed by atoms with Crippen LogP contribution in [-0.4, -0.2) is 55.0 Å². The van der Waals surface area contributed by atoms with E-state index in [0.717, 1.165) is 0 Å². The fraction of sp³-hybridized carbons (Fsp3) is 0.500. The van der Waals surface area contributed by atoms with Crippen LogP contribution in [0.4, 0.5) is 5.82 Å². The predicted molar refractivity (Wildman–Crippen MR) is 78.9 cm³/mol. The van der Waals surface area contributed by atoms with Crippen molar-refractivity contribution in [3.63, 3.8) is 0 Å². The summed E-state index contributed by atoms with van der Waals surface area (Å²) in [5.74, 6) is 0.127. The molecule has 1 aliphatic rings. The maximum absolute atomic E-state index is 11.3. The molecule has 0 amide bonds. The average Bonchev–Trinajstić information content (AvgIpc) is 3.07. The summed E-state index contributed by atoms with van der Waals surface area (Å²) in [6.45, 7) is -0.893. The number of anilines is 1. The number of hydrogen-bond acceptors (Lipinski definition) is 12. The van der Waals surface area contributed by atoms with E-state index >= 15 is 0 Å². The number of phosphoric ester groups is 1. The molecule has 6 atom stereocenters. The monoisotopic (exact) mass is 426 g/mol. The molecule has 0 saturated carbocycles. The highest BCUT2D eigenvalue weighted by molar-refractivity contribution is 7.59. The van der Waals surface area contributed by atoms with Gasteiger partial charge in [-0.2, -0.15) is 4.98 Å². The minimum Gasteiger partial charge on any atom is -0.756 e. The number of nitrogens with one attached hydrogen (secondary N) is 1. The second-order valence-corrected chi connectivity index (χ2v) is 8.22. The molecule has 3 heterocycles. The summed E-state index contributed by atoms with van der Waals surface area (Å²) >= 11 is 0. The number of imidazole rings is 1. The van der Waals surface area contributed by atoms with Crippen LogP contribution in [0.2, 0.25) is 0 Å². The quantitative estimate of drug-likeness (QED) is 0.222. The number of phosphoric acid groups is 2. The number of nitrogens with two attached hydrogens (primary N) is 1. The van der Waals surface area contributed by atoms with Crippen molar-refractivity contribution in [1.29, 1.82) is 0 Å². The van der Waals surface area contributed by atoms with Crippen LogP contribution in [0, 0.1) is 0 Å². The summed E-state index contributed by atoms with van der Waals surface area (Å²) < 4.78 is 36.2. The molecule has 1 saturated heterocycles. The molecule has 0 spiro atoms. The number of aliphatic hydroxyl groups excluding tert-OH is 2. The highest BCUT2D eigenvalue weighted by atomic mass is 31.3. The predicted octanol–water partition coefficient (Wildman–Crippen LogP) is -3.59. The Balaban J connectivity index is 1.75. The van der Waals surface area contributed by atoms with Crippen molar-refractivity contribution in [3.8, 4) is 0 Å². The molecule has 6 N–H and O–H groups in total. The molecule has 17 heteroatoms. The van der Waals surface area contributed by atoms with E-state index in [-0.39, 0.29) is 11.5 Å². The van der Waals surface area contributed by atoms with E-state index in [4.69, 9.17) is 15.4 Å². The van der Waals surface area contributed by atoms with Gasteiger partial charge >= 0.3 is 5.65 Å². The van der Waals surface area contributed by atoms with E-state index in [2.05, 4.69) is 23.8 Å². The van der Waals surface area contributed by atoms with Crippen molar-refractivity contribution in [1.82, 2.24) is 15.0 Å². The fourth-order valence-corrected chi connectivity index (χ4v) is 4.05. The Hall–Kier alpha value is -1.51. The Bertz CT molecular complexity index is 932. The lowest BCUT2D eigenvalue weighted by Gasteiger charge is -2.28. The number of hydrogen-bond donors (Lipinski definition) is 5. The first-order chi connectivity index (χ1) is 12.5. The number of H-pyrrole nitrogens is 1. The van der Waals surface area contributed by atoms with Crippen LogP contribution in [0.25, 0.3) is 11.2 Å². The Morgan fingerprint density at radius 3 is 2.70 bits per heavy atom. The number of rotatable bonds is 6. The normalized spacial score (nSPS) is 30.3. The van der Waals surface area contributed by atoms with Crippen LogP contribution >= 0.6 is 15.6 Å². The zero-order chi connectivity index (χ0) is 20.0. The third-order valence-corrected chi connectivity index (χ3v) is 5.75. The van der Waals surface area contributed by atoms with E-state index in [9.17, 15) is 29.1 Å². The smallest absolute Gasteiger partial charge is 0.309 e. The largest absolute Gasteiger partial charge is 0.756 e. The van der Waals surface area contributed by atoms with Crippen LogP contribution in [0.15, 0.2) is 12.7 Å². The molecule has 15 nitrogen and oxygen atoms in total. The van der Waals surface area contributed by atoms with E-state index < -0.39 is 46.8 Å². The van der Waals surface area contributed by atoms with Crippen molar-refractivity contribution < 1.29 is 52.2 Å². The highest BCUT2D eigenvalue weighted by Gasteiger charge is 2.47. The molecular formula is C10H14N5O10P2-. The molecule has 6 unspecified atom stereocenters. The third-order valence-electron chi connectivity index (χ3n) is 3.66. The summed E-state index contributed by atoms with van der Waals surface area (Å²) in [7, 11) is -11.0. The van der Waals surface area contributed by atoms with Gasteiger partial charge in [-0.25, -0.2) is 8.88 Å². The molecule has 27 heavy (non-hydrogen) atoms. The van der Waals surface area contributed by atoms with Crippen LogP contribution in [0.3, 0.4) is 0 Å². The lowest BCUT2D eigenvalue weighted by molar-refractivity contribution is -0.745. The first-order valence-electron chi connectivity index (χ1n) is 7.19. The minimum absolute atomic E-state index is 0.127. The Labute approximate surface area is 150 Å². The molecule has 0 bridgehead atoms. The highest BCUT2D eigenvalue weighted by Crippen LogP contribution is 2.52. The number of aliphatic hydroxyl groups is 2. The van der Waals surface area contributed by atoms with Crippen LogP contribution < -0.4 is 20.1 Å². The van der Waals surface area contributed by atoms with Gasteiger partial charge in [0.15, 0.2) is 18.5 Å². The van der Waals surface area contributed by atoms with Gasteiger partial charge in [-0.05, 0) is 0 Å². The zero-order valence-electron chi connectivity index (χ0n) is 13.2. The van der Waals surface area contributed by atoms with Crippen molar-refractivity contribution in [2.24, 2.45) is 0 Å². The molecule has 150 valence electrons. The van der Waals surface area contributed by atoms with Gasteiger partial charge in [0.25, 0.3) is 15.6 Å². The maximum Gasteiger partial charge on any atom is 0.309 e. The average molecular weight is 426 g/mol. The molecule has 1 aliphatic heterocycles. The molecule has 0 aromatic carbocycles. The number of ether oxygens (including phenoxy) is 1. The number of aromatic amines is 1. The fourth-order valence-electron chi connectivity index (χ4n) is 2.52. The van der Waals surface area contributed by atoms with E-state index in [1.807, 2.05) is 0 Å². The lowest BCUT2D eigenvalue weighted by atomic mass is 10.1. The zero-order valence-corrected chi connectivity index (χ0v) is 15.0. The third kappa shape index (κ3) is 4.33. The van der Waals surface area contributed by atoms with Gasteiger partial charge in [0.2, 0.25) is 11.7 Å². The SMILES string of the molecule is Nc1ncnc2c1[nH]c[n+]2C1OC(COP(=O)([O-])OP(=O)([O-])O)C(O)C1O. The molecular weight excluding hydrogens is 412 g/mol. The maximum atomic E-state index is 11.3. The number of aromatic nitrogens is 4. The summed E-state index contributed by atoms with van der Waals surface area (Å²) in [4.78, 5) is 40.7. The molecule has 0 radical (unpaired) electrons. The van der Waals surface area contributed by atoms with Gasteiger partial charge in [0, 0.05) is 0 Å². The number of nitrogens with zero attached hydrogens (tertiary/aromatic N) is 3. The Kier molecular flexibility index (Phi) is 5.35. The van der Waals surface area contributed by atoms with Gasteiger partial charge in [-0.1, -0.05) is 4.98 Å². The summed E-state index contributed by atoms with van der Waals surface area (Å²) in [5, 5.41) is 20.2. The van der Waals surface area contributed by atoms with Gasteiger partial charge in [0.1, 0.15) is 18.3 Å². The summed E-state index contributed by atoms with van der Waals surface area (Å²) in [6.07, 6.45) is -3.18. The van der Waals surface area contributed by atoms with Crippen LogP contribution in [0.5, 0.6) is 0 Å². The van der Waals surface area contributed by atoms with Crippen molar-refractivity contribution in [2.45, 2.75) is 24.5 Å². The Morgan fingerprint density at radius 2 is 2.04 bits per heavy atom. The lowest BCUT2D eigenvalue weighted by Crippen LogP contribution is -2.45. The summed E-state index contributed by atoms with van der Waals surface area (Å²) in [5.41, 5.74) is 6.27. The van der Waals surface area contributed by atoms with Crippen molar-refractivity contribution >= 4 is 32.6 Å². The second kappa shape index (κ2) is 7.14. The number of nitrogen functional groups attached to an aromatic ring is 1. The molecule has 3 rings (SSSR count). The first-order valence-corrected chi connectivity index (χ1v) is 10.1. The van der Waals surface area contributed by atoms with Gasteiger partial charge in [-0.3, -0.25) is 14.1 Å². The molecule has 0 aliphatic carbocycles. The van der Waals surface area contributed by atoms with Crippen LogP contribution in [0.1, 0.15) is 6.23 Å². The van der Waals surface area contributed by atoms with Crippen molar-refractivity contribution in [2.75, 3.05) is 12.3 Å². The molecule has 2 aromatic heterocycles. The van der Waals surface area contributed by atoms with Gasteiger partial charge in [0.05, 0.1) is 6.61 Å². The van der Waals surface area contributed by atoms with E-state index in [1.165, 1.54) is 17.2 Å².